The first-order valence-electron chi connectivity index (χ1n) is 4.98. The Bertz CT molecular complexity index is 288. The number of halogens is 1. The zero-order chi connectivity index (χ0) is 10.6. The van der Waals surface area contributed by atoms with E-state index < -0.39 is 0 Å². The molecule has 0 radical (unpaired) electrons. The van der Waals surface area contributed by atoms with Crippen molar-refractivity contribution in [2.24, 2.45) is 0 Å². The van der Waals surface area contributed by atoms with E-state index >= 15 is 0 Å². The summed E-state index contributed by atoms with van der Waals surface area (Å²) >= 11 is 6.11. The summed E-state index contributed by atoms with van der Waals surface area (Å²) < 4.78 is 0. The Balaban J connectivity index is 2.94. The van der Waals surface area contributed by atoms with E-state index in [-0.39, 0.29) is 0 Å². The molecule has 0 amide bonds. The van der Waals surface area contributed by atoms with Gasteiger partial charge in [-0.1, -0.05) is 18.5 Å². The highest BCUT2D eigenvalue weighted by molar-refractivity contribution is 6.31. The van der Waals surface area contributed by atoms with Gasteiger partial charge in [0.1, 0.15) is 0 Å². The van der Waals surface area contributed by atoms with Gasteiger partial charge in [0.15, 0.2) is 0 Å². The van der Waals surface area contributed by atoms with Crippen LogP contribution in [0.1, 0.15) is 31.9 Å². The second-order valence-corrected chi connectivity index (χ2v) is 3.87. The van der Waals surface area contributed by atoms with Crippen LogP contribution in [0.25, 0.3) is 0 Å². The Labute approximate surface area is 90.7 Å². The maximum Gasteiger partial charge on any atom is 0.0635 e. The van der Waals surface area contributed by atoms with E-state index in [1.807, 2.05) is 19.2 Å². The van der Waals surface area contributed by atoms with Crippen LogP contribution >= 0.6 is 11.6 Å². The van der Waals surface area contributed by atoms with Crippen molar-refractivity contribution in [1.82, 2.24) is 10.3 Å². The molecule has 0 fully saturated rings. The van der Waals surface area contributed by atoms with Gasteiger partial charge in [-0.3, -0.25) is 4.98 Å². The lowest BCUT2D eigenvalue weighted by atomic mass is 9.94. The van der Waals surface area contributed by atoms with E-state index in [1.54, 1.807) is 6.20 Å². The molecular formula is C11H17ClN2. The Morgan fingerprint density at radius 2 is 2.29 bits per heavy atom. The molecule has 1 aromatic heterocycles. The van der Waals surface area contributed by atoms with Crippen molar-refractivity contribution < 1.29 is 0 Å². The molecule has 3 heteroatoms. The molecule has 0 aromatic carbocycles. The minimum atomic E-state index is 0.383. The van der Waals surface area contributed by atoms with Gasteiger partial charge in [0.05, 0.1) is 10.7 Å². The maximum absolute atomic E-state index is 6.11. The van der Waals surface area contributed by atoms with Gasteiger partial charge in [0, 0.05) is 18.2 Å². The average molecular weight is 213 g/mol. The summed E-state index contributed by atoms with van der Waals surface area (Å²) in [5.74, 6) is 0.383. The Morgan fingerprint density at radius 1 is 1.57 bits per heavy atom. The van der Waals surface area contributed by atoms with Crippen LogP contribution in [0.5, 0.6) is 0 Å². The fourth-order valence-corrected chi connectivity index (χ4v) is 1.92. The van der Waals surface area contributed by atoms with E-state index in [2.05, 4.69) is 24.1 Å². The molecule has 2 atom stereocenters. The molecule has 0 saturated carbocycles. The molecule has 78 valence electrons. The zero-order valence-electron chi connectivity index (χ0n) is 8.92. The minimum Gasteiger partial charge on any atom is -0.317 e. The molecule has 1 N–H and O–H groups in total. The van der Waals surface area contributed by atoms with Crippen LogP contribution in [-0.2, 0) is 0 Å². The largest absolute Gasteiger partial charge is 0.317 e. The first-order chi connectivity index (χ1) is 6.70. The lowest BCUT2D eigenvalue weighted by molar-refractivity contribution is 0.474. The summed E-state index contributed by atoms with van der Waals surface area (Å²) in [7, 11) is 1.96. The van der Waals surface area contributed by atoms with Crippen molar-refractivity contribution in [3.8, 4) is 0 Å². The Kier molecular flexibility index (Phi) is 4.36. The lowest BCUT2D eigenvalue weighted by Gasteiger charge is -2.22. The van der Waals surface area contributed by atoms with Gasteiger partial charge in [0.2, 0.25) is 0 Å². The van der Waals surface area contributed by atoms with Gasteiger partial charge < -0.3 is 5.32 Å². The minimum absolute atomic E-state index is 0.383. The van der Waals surface area contributed by atoms with Crippen molar-refractivity contribution >= 4 is 11.6 Å². The van der Waals surface area contributed by atoms with Crippen molar-refractivity contribution in [2.75, 3.05) is 7.05 Å². The van der Waals surface area contributed by atoms with Crippen molar-refractivity contribution in [1.29, 1.82) is 0 Å². The van der Waals surface area contributed by atoms with E-state index in [1.165, 1.54) is 0 Å². The molecule has 2 unspecified atom stereocenters. The van der Waals surface area contributed by atoms with Crippen LogP contribution in [0.3, 0.4) is 0 Å². The van der Waals surface area contributed by atoms with Gasteiger partial charge in [0.25, 0.3) is 0 Å². The highest BCUT2D eigenvalue weighted by Crippen LogP contribution is 2.27. The fourth-order valence-electron chi connectivity index (χ4n) is 1.66. The quantitative estimate of drug-likeness (QED) is 0.831. The third-order valence-corrected chi connectivity index (χ3v) is 2.96. The standard InChI is InChI=1S/C11H17ClN2/c1-4-9(8(2)13-3)11-10(12)6-5-7-14-11/h5-9,13H,4H2,1-3H3. The summed E-state index contributed by atoms with van der Waals surface area (Å²) in [5, 5.41) is 4.01. The molecule has 14 heavy (non-hydrogen) atoms. The number of nitrogens with zero attached hydrogens (tertiary/aromatic N) is 1. The molecule has 0 spiro atoms. The smallest absolute Gasteiger partial charge is 0.0635 e. The Morgan fingerprint density at radius 3 is 2.79 bits per heavy atom. The number of pyridine rings is 1. The number of aromatic nitrogens is 1. The predicted molar refractivity (Wildman–Crippen MR) is 60.8 cm³/mol. The highest BCUT2D eigenvalue weighted by Gasteiger charge is 2.19. The lowest BCUT2D eigenvalue weighted by Crippen LogP contribution is -2.29. The van der Waals surface area contributed by atoms with Crippen LogP contribution in [0.4, 0.5) is 0 Å². The van der Waals surface area contributed by atoms with Crippen LogP contribution in [0.2, 0.25) is 5.02 Å². The number of likely N-dealkylation sites (N-methyl/N-ethyl adjacent to an activating group) is 1. The molecule has 0 aliphatic heterocycles. The third-order valence-electron chi connectivity index (χ3n) is 2.64. The van der Waals surface area contributed by atoms with Crippen LogP contribution in [0, 0.1) is 0 Å². The van der Waals surface area contributed by atoms with Gasteiger partial charge in [-0.15, -0.1) is 0 Å². The SMILES string of the molecule is CCC(c1ncccc1Cl)C(C)NC. The molecule has 2 nitrogen and oxygen atoms in total. The van der Waals surface area contributed by atoms with E-state index in [0.29, 0.717) is 12.0 Å². The normalized spacial score (nSPS) is 15.1. The second kappa shape index (κ2) is 5.32. The molecule has 0 bridgehead atoms. The van der Waals surface area contributed by atoms with Crippen molar-refractivity contribution in [2.45, 2.75) is 32.2 Å². The van der Waals surface area contributed by atoms with Crippen molar-refractivity contribution in [3.63, 3.8) is 0 Å². The summed E-state index contributed by atoms with van der Waals surface area (Å²) in [6.07, 6.45) is 2.84. The fraction of sp³-hybridized carbons (Fsp3) is 0.545. The molecule has 1 heterocycles. The average Bonchev–Trinajstić information content (AvgIpc) is 2.21. The third kappa shape index (κ3) is 2.46. The molecule has 0 aliphatic rings. The Hall–Kier alpha value is -0.600. The number of hydrogen-bond donors (Lipinski definition) is 1. The first kappa shape index (κ1) is 11.5. The maximum atomic E-state index is 6.11. The summed E-state index contributed by atoms with van der Waals surface area (Å²) in [6.45, 7) is 4.31. The molecule has 1 aromatic rings. The van der Waals surface area contributed by atoms with E-state index in [4.69, 9.17) is 11.6 Å². The number of rotatable bonds is 4. The van der Waals surface area contributed by atoms with Gasteiger partial charge in [-0.2, -0.15) is 0 Å². The van der Waals surface area contributed by atoms with Crippen LogP contribution < -0.4 is 5.32 Å². The molecule has 0 aliphatic carbocycles. The predicted octanol–water partition coefficient (Wildman–Crippen LogP) is 2.84. The van der Waals surface area contributed by atoms with E-state index in [9.17, 15) is 0 Å². The number of nitrogens with one attached hydrogen (secondary N) is 1. The van der Waals surface area contributed by atoms with Gasteiger partial charge >= 0.3 is 0 Å². The van der Waals surface area contributed by atoms with Gasteiger partial charge in [-0.25, -0.2) is 0 Å². The van der Waals surface area contributed by atoms with E-state index in [0.717, 1.165) is 17.1 Å². The number of hydrogen-bond acceptors (Lipinski definition) is 2. The summed E-state index contributed by atoms with van der Waals surface area (Å²) in [5.41, 5.74) is 0.999. The molecule has 0 saturated heterocycles. The molecular weight excluding hydrogens is 196 g/mol. The summed E-state index contributed by atoms with van der Waals surface area (Å²) in [4.78, 5) is 4.35. The van der Waals surface area contributed by atoms with Crippen LogP contribution in [-0.4, -0.2) is 18.1 Å². The second-order valence-electron chi connectivity index (χ2n) is 3.46. The monoisotopic (exact) mass is 212 g/mol. The van der Waals surface area contributed by atoms with Gasteiger partial charge in [-0.05, 0) is 32.5 Å². The zero-order valence-corrected chi connectivity index (χ0v) is 9.67. The topological polar surface area (TPSA) is 24.9 Å². The van der Waals surface area contributed by atoms with Crippen molar-refractivity contribution in [3.05, 3.63) is 29.0 Å². The summed E-state index contributed by atoms with van der Waals surface area (Å²) in [6, 6.07) is 4.16. The highest BCUT2D eigenvalue weighted by atomic mass is 35.5. The first-order valence-corrected chi connectivity index (χ1v) is 5.36. The molecule has 1 rings (SSSR count). The van der Waals surface area contributed by atoms with Crippen LogP contribution in [0.15, 0.2) is 18.3 Å².